The van der Waals surface area contributed by atoms with Crippen LogP contribution in [0, 0.1) is 0 Å². The minimum absolute atomic E-state index is 0.0874. The van der Waals surface area contributed by atoms with Crippen LogP contribution in [0.3, 0.4) is 0 Å². The molecule has 0 saturated heterocycles. The molecular formula is C17H18N2O5S. The maximum Gasteiger partial charge on any atom is 0.240 e. The van der Waals surface area contributed by atoms with Gasteiger partial charge in [-0.15, -0.1) is 0 Å². The van der Waals surface area contributed by atoms with Gasteiger partial charge >= 0.3 is 0 Å². The number of benzene rings is 2. The van der Waals surface area contributed by atoms with Crippen LogP contribution in [0.25, 0.3) is 0 Å². The highest BCUT2D eigenvalue weighted by molar-refractivity contribution is 7.89. The first-order valence-electron chi connectivity index (χ1n) is 7.70. The monoisotopic (exact) mass is 362 g/mol. The molecule has 3 rings (SSSR count). The lowest BCUT2D eigenvalue weighted by Crippen LogP contribution is -2.40. The summed E-state index contributed by atoms with van der Waals surface area (Å²) in [6.45, 7) is 1.74. The minimum Gasteiger partial charge on any atom is -0.486 e. The van der Waals surface area contributed by atoms with Crippen molar-refractivity contribution in [3.63, 3.8) is 0 Å². The van der Waals surface area contributed by atoms with Crippen molar-refractivity contribution in [2.75, 3.05) is 18.5 Å². The average molecular weight is 362 g/mol. The van der Waals surface area contributed by atoms with E-state index in [1.54, 1.807) is 12.1 Å². The molecule has 0 saturated carbocycles. The lowest BCUT2D eigenvalue weighted by molar-refractivity contribution is -0.114. The van der Waals surface area contributed by atoms with E-state index in [1.807, 2.05) is 12.1 Å². The van der Waals surface area contributed by atoms with Crippen molar-refractivity contribution in [3.05, 3.63) is 48.5 Å². The van der Waals surface area contributed by atoms with Crippen LogP contribution in [0.4, 0.5) is 5.69 Å². The number of carbonyl (C=O) groups is 1. The third-order valence-corrected chi connectivity index (χ3v) is 4.99. The fraction of sp³-hybridized carbons (Fsp3) is 0.235. The molecule has 1 aliphatic heterocycles. The van der Waals surface area contributed by atoms with Gasteiger partial charge in [-0.25, -0.2) is 13.1 Å². The normalized spacial score (nSPS) is 16.3. The first-order valence-corrected chi connectivity index (χ1v) is 9.18. The fourth-order valence-corrected chi connectivity index (χ4v) is 3.44. The van der Waals surface area contributed by atoms with Crippen LogP contribution in [-0.4, -0.2) is 33.6 Å². The molecule has 1 atom stereocenters. The van der Waals surface area contributed by atoms with Crippen LogP contribution in [0.5, 0.6) is 11.5 Å². The molecule has 0 radical (unpaired) electrons. The lowest BCUT2D eigenvalue weighted by Gasteiger charge is -2.26. The van der Waals surface area contributed by atoms with Crippen LogP contribution in [0.15, 0.2) is 53.4 Å². The Bertz CT molecular complexity index is 865. The van der Waals surface area contributed by atoms with Gasteiger partial charge in [0.1, 0.15) is 12.7 Å². The number of carbonyl (C=O) groups excluding carboxylic acids is 1. The molecule has 1 unspecified atom stereocenters. The number of anilines is 1. The Morgan fingerprint density at radius 2 is 1.80 bits per heavy atom. The van der Waals surface area contributed by atoms with Crippen molar-refractivity contribution >= 4 is 21.6 Å². The van der Waals surface area contributed by atoms with Gasteiger partial charge in [0, 0.05) is 12.6 Å². The number of ether oxygens (including phenoxy) is 2. The van der Waals surface area contributed by atoms with Crippen LogP contribution in [-0.2, 0) is 14.8 Å². The molecule has 0 aromatic heterocycles. The number of para-hydroxylation sites is 2. The van der Waals surface area contributed by atoms with E-state index < -0.39 is 16.1 Å². The van der Waals surface area contributed by atoms with E-state index in [0.717, 1.165) is 0 Å². The standard InChI is InChI=1S/C17H18N2O5S/c1-12(20)19-13-6-8-15(9-7-13)25(21,22)18-10-14-11-23-16-4-2-3-5-17(16)24-14/h2-9,14,18H,10-11H2,1H3,(H,19,20). The maximum absolute atomic E-state index is 12.4. The highest BCUT2D eigenvalue weighted by Crippen LogP contribution is 2.30. The number of rotatable bonds is 5. The van der Waals surface area contributed by atoms with Gasteiger partial charge in [-0.3, -0.25) is 4.79 Å². The molecule has 2 aromatic carbocycles. The van der Waals surface area contributed by atoms with E-state index in [4.69, 9.17) is 9.47 Å². The topological polar surface area (TPSA) is 93.7 Å². The van der Waals surface area contributed by atoms with Crippen molar-refractivity contribution in [2.24, 2.45) is 0 Å². The van der Waals surface area contributed by atoms with E-state index >= 15 is 0 Å². The lowest BCUT2D eigenvalue weighted by atomic mass is 10.2. The highest BCUT2D eigenvalue weighted by atomic mass is 32.2. The summed E-state index contributed by atoms with van der Waals surface area (Å²) in [4.78, 5) is 11.1. The third kappa shape index (κ3) is 4.28. The van der Waals surface area contributed by atoms with Crippen LogP contribution < -0.4 is 19.5 Å². The quantitative estimate of drug-likeness (QED) is 0.845. The minimum atomic E-state index is -3.68. The predicted octanol–water partition coefficient (Wildman–Crippen LogP) is 1.76. The number of hydrogen-bond acceptors (Lipinski definition) is 5. The Morgan fingerprint density at radius 1 is 1.12 bits per heavy atom. The summed E-state index contributed by atoms with van der Waals surface area (Å²) in [5.41, 5.74) is 0.534. The molecule has 0 aliphatic carbocycles. The SMILES string of the molecule is CC(=O)Nc1ccc(S(=O)(=O)NCC2COc3ccccc3O2)cc1. The van der Waals surface area contributed by atoms with E-state index in [0.29, 0.717) is 17.2 Å². The average Bonchev–Trinajstić information content (AvgIpc) is 2.60. The van der Waals surface area contributed by atoms with Crippen LogP contribution in [0.1, 0.15) is 6.92 Å². The summed E-state index contributed by atoms with van der Waals surface area (Å²) in [5, 5.41) is 2.59. The number of sulfonamides is 1. The number of nitrogens with one attached hydrogen (secondary N) is 2. The van der Waals surface area contributed by atoms with E-state index in [2.05, 4.69) is 10.0 Å². The third-order valence-electron chi connectivity index (χ3n) is 3.55. The molecule has 0 bridgehead atoms. The Balaban J connectivity index is 1.61. The van der Waals surface area contributed by atoms with Gasteiger partial charge in [0.25, 0.3) is 0 Å². The van der Waals surface area contributed by atoms with Crippen molar-refractivity contribution in [3.8, 4) is 11.5 Å². The second-order valence-corrected chi connectivity index (χ2v) is 7.32. The van der Waals surface area contributed by atoms with Gasteiger partial charge in [0.15, 0.2) is 11.5 Å². The summed E-state index contributed by atoms with van der Waals surface area (Å²) in [7, 11) is -3.68. The van der Waals surface area contributed by atoms with E-state index in [9.17, 15) is 13.2 Å². The molecule has 1 amide bonds. The predicted molar refractivity (Wildman–Crippen MR) is 92.3 cm³/mol. The molecule has 8 heteroatoms. The number of fused-ring (bicyclic) bond motifs is 1. The number of hydrogen-bond donors (Lipinski definition) is 2. The zero-order valence-electron chi connectivity index (χ0n) is 13.6. The van der Waals surface area contributed by atoms with Gasteiger partial charge in [-0.05, 0) is 36.4 Å². The van der Waals surface area contributed by atoms with E-state index in [1.165, 1.54) is 31.2 Å². The van der Waals surface area contributed by atoms with E-state index in [-0.39, 0.29) is 24.0 Å². The zero-order chi connectivity index (χ0) is 17.9. The Kier molecular flexibility index (Phi) is 4.91. The van der Waals surface area contributed by atoms with Gasteiger partial charge in [-0.1, -0.05) is 12.1 Å². The molecule has 132 valence electrons. The van der Waals surface area contributed by atoms with Crippen molar-refractivity contribution in [1.82, 2.24) is 4.72 Å². The second-order valence-electron chi connectivity index (χ2n) is 5.56. The summed E-state index contributed by atoms with van der Waals surface area (Å²) < 4.78 is 38.5. The van der Waals surface area contributed by atoms with Crippen molar-refractivity contribution < 1.29 is 22.7 Å². The summed E-state index contributed by atoms with van der Waals surface area (Å²) in [6.07, 6.45) is -0.414. The Hall–Kier alpha value is -2.58. The summed E-state index contributed by atoms with van der Waals surface area (Å²) >= 11 is 0. The fourth-order valence-electron chi connectivity index (χ4n) is 2.37. The Morgan fingerprint density at radius 3 is 2.48 bits per heavy atom. The van der Waals surface area contributed by atoms with Crippen LogP contribution in [0.2, 0.25) is 0 Å². The maximum atomic E-state index is 12.4. The van der Waals surface area contributed by atoms with Gasteiger partial charge in [0.2, 0.25) is 15.9 Å². The highest BCUT2D eigenvalue weighted by Gasteiger charge is 2.23. The van der Waals surface area contributed by atoms with Crippen molar-refractivity contribution in [2.45, 2.75) is 17.9 Å². The first kappa shape index (κ1) is 17.2. The molecule has 7 nitrogen and oxygen atoms in total. The summed E-state index contributed by atoms with van der Waals surface area (Å²) in [5.74, 6) is 1.02. The number of amides is 1. The largest absolute Gasteiger partial charge is 0.486 e. The zero-order valence-corrected chi connectivity index (χ0v) is 14.4. The molecule has 0 spiro atoms. The molecule has 1 heterocycles. The van der Waals surface area contributed by atoms with Gasteiger partial charge in [-0.2, -0.15) is 0 Å². The van der Waals surface area contributed by atoms with Crippen molar-refractivity contribution in [1.29, 1.82) is 0 Å². The molecule has 1 aliphatic rings. The Labute approximate surface area is 146 Å². The molecule has 2 N–H and O–H groups in total. The van der Waals surface area contributed by atoms with Crippen LogP contribution >= 0.6 is 0 Å². The molecule has 2 aromatic rings. The second kappa shape index (κ2) is 7.12. The molecule has 25 heavy (non-hydrogen) atoms. The molecule has 0 fully saturated rings. The summed E-state index contributed by atoms with van der Waals surface area (Å²) in [6, 6.07) is 13.2. The molecular weight excluding hydrogens is 344 g/mol. The van der Waals surface area contributed by atoms with Gasteiger partial charge in [0.05, 0.1) is 11.4 Å². The van der Waals surface area contributed by atoms with Gasteiger partial charge < -0.3 is 14.8 Å². The first-order chi connectivity index (χ1) is 11.9. The smallest absolute Gasteiger partial charge is 0.240 e.